The highest BCUT2D eigenvalue weighted by Crippen LogP contribution is 2.27. The lowest BCUT2D eigenvalue weighted by Crippen LogP contribution is -2.57. The van der Waals surface area contributed by atoms with E-state index in [1.807, 2.05) is 0 Å². The van der Waals surface area contributed by atoms with Crippen LogP contribution in [0.15, 0.2) is 0 Å². The van der Waals surface area contributed by atoms with E-state index >= 15 is 0 Å². The zero-order valence-corrected chi connectivity index (χ0v) is 13.3. The number of hydrogen-bond donors (Lipinski definition) is 0. The summed E-state index contributed by atoms with van der Waals surface area (Å²) >= 11 is 0. The van der Waals surface area contributed by atoms with Gasteiger partial charge in [-0.3, -0.25) is 19.2 Å². The number of rotatable bonds is 5. The van der Waals surface area contributed by atoms with Crippen LogP contribution >= 0.6 is 0 Å². The minimum absolute atomic E-state index is 0.228. The smallest absolute Gasteiger partial charge is 0.311 e. The minimum Gasteiger partial charge on any atom is -0.463 e. The molecule has 128 valence electrons. The van der Waals surface area contributed by atoms with E-state index in [0.717, 1.165) is 20.5 Å². The second-order valence-electron chi connectivity index (χ2n) is 4.84. The molecule has 23 heavy (non-hydrogen) atoms. The van der Waals surface area contributed by atoms with Crippen LogP contribution in [0.4, 0.5) is 0 Å². The van der Waals surface area contributed by atoms with Gasteiger partial charge in [0.05, 0.1) is 0 Å². The number of carbonyl (C=O) groups excluding carboxylic acids is 4. The van der Waals surface area contributed by atoms with Crippen LogP contribution in [0.25, 0.3) is 0 Å². The molecule has 0 N–H and O–H groups in total. The van der Waals surface area contributed by atoms with Crippen molar-refractivity contribution in [3.63, 3.8) is 0 Å². The minimum atomic E-state index is -1.12. The van der Waals surface area contributed by atoms with Gasteiger partial charge in [0.1, 0.15) is 6.61 Å². The largest absolute Gasteiger partial charge is 0.463 e. The first-order valence-corrected chi connectivity index (χ1v) is 6.84. The van der Waals surface area contributed by atoms with Gasteiger partial charge in [0.25, 0.3) is 6.61 Å². The van der Waals surface area contributed by atoms with E-state index < -0.39 is 48.3 Å². The zero-order chi connectivity index (χ0) is 17.6. The molecule has 1 heterocycles. The first-order valence-electron chi connectivity index (χ1n) is 6.84. The van der Waals surface area contributed by atoms with Crippen LogP contribution in [0.3, 0.4) is 0 Å². The summed E-state index contributed by atoms with van der Waals surface area (Å²) in [6.45, 7) is 5.61. The van der Waals surface area contributed by atoms with Crippen molar-refractivity contribution in [3.05, 3.63) is 6.61 Å². The summed E-state index contributed by atoms with van der Waals surface area (Å²) in [4.78, 5) is 44.7. The first-order chi connectivity index (χ1) is 10.7. The van der Waals surface area contributed by atoms with E-state index in [1.165, 1.54) is 13.8 Å². The van der Waals surface area contributed by atoms with E-state index in [-0.39, 0.29) is 6.61 Å². The average Bonchev–Trinajstić information content (AvgIpc) is 2.39. The molecule has 9 nitrogen and oxygen atoms in total. The molecule has 0 radical (unpaired) electrons. The van der Waals surface area contributed by atoms with Crippen LogP contribution < -0.4 is 0 Å². The lowest BCUT2D eigenvalue weighted by atomic mass is 9.99. The second-order valence-corrected chi connectivity index (χ2v) is 4.84. The van der Waals surface area contributed by atoms with Crippen molar-refractivity contribution in [2.75, 3.05) is 6.61 Å². The standard InChI is InChI=1S/C14H19O9/c1-7(15)19-5-11-13(22-9(3)17)14(23-10(4)18)12(6-20-11)21-8(2)16/h6,11-14H,5H2,1-4H3/q+1. The van der Waals surface area contributed by atoms with Crippen LogP contribution in [0.5, 0.6) is 0 Å². The molecule has 0 aromatic heterocycles. The van der Waals surface area contributed by atoms with Crippen LogP contribution in [0, 0.1) is 6.61 Å². The van der Waals surface area contributed by atoms with Crippen molar-refractivity contribution in [1.29, 1.82) is 0 Å². The Labute approximate surface area is 133 Å². The molecular formula is C14H19O9+. The fourth-order valence-corrected chi connectivity index (χ4v) is 2.01. The van der Waals surface area contributed by atoms with Gasteiger partial charge in [-0.15, -0.1) is 0 Å². The molecular weight excluding hydrogens is 312 g/mol. The maximum absolute atomic E-state index is 11.3. The van der Waals surface area contributed by atoms with E-state index in [2.05, 4.69) is 0 Å². The van der Waals surface area contributed by atoms with Gasteiger partial charge in [-0.1, -0.05) is 0 Å². The Morgan fingerprint density at radius 1 is 0.826 bits per heavy atom. The molecule has 1 aliphatic heterocycles. The summed E-state index contributed by atoms with van der Waals surface area (Å²) in [6.07, 6.45) is -4.19. The van der Waals surface area contributed by atoms with Crippen LogP contribution in [0.2, 0.25) is 0 Å². The summed E-state index contributed by atoms with van der Waals surface area (Å²) in [6, 6.07) is 0. The monoisotopic (exact) mass is 331 g/mol. The Hall–Kier alpha value is -2.29. The van der Waals surface area contributed by atoms with E-state index in [1.54, 1.807) is 0 Å². The van der Waals surface area contributed by atoms with Gasteiger partial charge in [0.15, 0.2) is 12.2 Å². The molecule has 1 rings (SSSR count). The average molecular weight is 331 g/mol. The predicted octanol–water partition coefficient (Wildman–Crippen LogP) is -0.0948. The lowest BCUT2D eigenvalue weighted by Gasteiger charge is -2.34. The maximum Gasteiger partial charge on any atom is 0.311 e. The number of hydrogen-bond acceptors (Lipinski definition) is 9. The van der Waals surface area contributed by atoms with Crippen molar-refractivity contribution in [1.82, 2.24) is 0 Å². The number of ether oxygens (including phenoxy) is 5. The highest BCUT2D eigenvalue weighted by atomic mass is 16.7. The zero-order valence-electron chi connectivity index (χ0n) is 13.3. The molecule has 0 aromatic rings. The summed E-state index contributed by atoms with van der Waals surface area (Å²) < 4.78 is 25.4. The van der Waals surface area contributed by atoms with Crippen LogP contribution in [-0.2, 0) is 42.9 Å². The fraction of sp³-hybridized carbons (Fsp3) is 0.643. The Bertz CT molecular complexity index is 473. The molecule has 1 fully saturated rings. The topological polar surface area (TPSA) is 114 Å². The van der Waals surface area contributed by atoms with Gasteiger partial charge in [-0.2, -0.15) is 4.74 Å². The third kappa shape index (κ3) is 6.15. The van der Waals surface area contributed by atoms with Crippen molar-refractivity contribution in [3.8, 4) is 0 Å². The Morgan fingerprint density at radius 2 is 1.35 bits per heavy atom. The molecule has 4 atom stereocenters. The Kier molecular flexibility index (Phi) is 6.83. The number of carbonyl (C=O) groups is 4. The molecule has 0 spiro atoms. The highest BCUT2D eigenvalue weighted by Gasteiger charge is 2.53. The molecule has 1 aliphatic rings. The molecule has 0 saturated carbocycles. The lowest BCUT2D eigenvalue weighted by molar-refractivity contribution is -0.217. The van der Waals surface area contributed by atoms with Crippen molar-refractivity contribution < 1.29 is 42.9 Å². The second kappa shape index (κ2) is 8.37. The van der Waals surface area contributed by atoms with Gasteiger partial charge in [-0.25, -0.2) is 0 Å². The molecule has 0 bridgehead atoms. The summed E-state index contributed by atoms with van der Waals surface area (Å²) in [5, 5.41) is 0. The molecule has 0 aliphatic carbocycles. The normalized spacial score (nSPS) is 26.4. The summed E-state index contributed by atoms with van der Waals surface area (Å²) in [5.41, 5.74) is 0. The molecule has 9 heteroatoms. The van der Waals surface area contributed by atoms with E-state index in [4.69, 9.17) is 23.7 Å². The fourth-order valence-electron chi connectivity index (χ4n) is 2.01. The quantitative estimate of drug-likeness (QED) is 0.387. The van der Waals surface area contributed by atoms with Crippen molar-refractivity contribution in [2.24, 2.45) is 0 Å². The van der Waals surface area contributed by atoms with Gasteiger partial charge >= 0.3 is 30.0 Å². The number of esters is 4. The Morgan fingerprint density at radius 3 is 1.83 bits per heavy atom. The SMILES string of the molecule is CC(=O)OCC1O[CH+]C(OC(C)=O)C(OC(C)=O)C1OC(C)=O. The van der Waals surface area contributed by atoms with E-state index in [9.17, 15) is 19.2 Å². The van der Waals surface area contributed by atoms with E-state index in [0.29, 0.717) is 0 Å². The highest BCUT2D eigenvalue weighted by molar-refractivity contribution is 5.68. The maximum atomic E-state index is 11.3. The van der Waals surface area contributed by atoms with Gasteiger partial charge < -0.3 is 18.9 Å². The summed E-state index contributed by atoms with van der Waals surface area (Å²) in [7, 11) is 0. The molecule has 0 aromatic carbocycles. The van der Waals surface area contributed by atoms with Crippen LogP contribution in [-0.4, -0.2) is 54.9 Å². The van der Waals surface area contributed by atoms with Crippen molar-refractivity contribution >= 4 is 23.9 Å². The molecule has 4 unspecified atom stereocenters. The van der Waals surface area contributed by atoms with Gasteiger partial charge in [0, 0.05) is 27.7 Å². The molecule has 0 amide bonds. The third-order valence-electron chi connectivity index (χ3n) is 2.76. The predicted molar refractivity (Wildman–Crippen MR) is 72.5 cm³/mol. The third-order valence-corrected chi connectivity index (χ3v) is 2.76. The first kappa shape index (κ1) is 18.8. The van der Waals surface area contributed by atoms with Crippen molar-refractivity contribution in [2.45, 2.75) is 52.1 Å². The van der Waals surface area contributed by atoms with Gasteiger partial charge in [-0.05, 0) is 0 Å². The molecule has 1 saturated heterocycles. The van der Waals surface area contributed by atoms with Crippen LogP contribution in [0.1, 0.15) is 27.7 Å². The summed E-state index contributed by atoms with van der Waals surface area (Å²) in [5.74, 6) is -2.51. The van der Waals surface area contributed by atoms with Gasteiger partial charge in [0.2, 0.25) is 6.10 Å². The Balaban J connectivity index is 2.98.